The lowest BCUT2D eigenvalue weighted by atomic mass is 9.99. The first-order chi connectivity index (χ1) is 23.0. The van der Waals surface area contributed by atoms with E-state index in [0.29, 0.717) is 5.56 Å². The summed E-state index contributed by atoms with van der Waals surface area (Å²) >= 11 is 0. The molecule has 3 amide bonds. The average Bonchev–Trinajstić information content (AvgIpc) is 2.99. The summed E-state index contributed by atoms with van der Waals surface area (Å²) in [5, 5.41) is 35.4. The first-order valence-corrected chi connectivity index (χ1v) is 15.8. The molecule has 3 aromatic rings. The molecule has 12 heteroatoms. The Morgan fingerprint density at radius 2 is 1.35 bits per heavy atom. The molecular weight excluding hydrogens is 628 g/mol. The van der Waals surface area contributed by atoms with Gasteiger partial charge >= 0.3 is 12.1 Å². The zero-order valence-electron chi connectivity index (χ0n) is 28.6. The Morgan fingerprint density at radius 3 is 1.92 bits per heavy atom. The van der Waals surface area contributed by atoms with Gasteiger partial charge in [0.05, 0.1) is 6.07 Å². The third-order valence-corrected chi connectivity index (χ3v) is 6.93. The number of amides is 3. The van der Waals surface area contributed by atoms with Crippen LogP contribution in [0.2, 0.25) is 0 Å². The van der Waals surface area contributed by atoms with E-state index >= 15 is 0 Å². The number of aromatic hydroxyl groups is 2. The summed E-state index contributed by atoms with van der Waals surface area (Å²) in [6.07, 6.45) is -0.944. The minimum absolute atomic E-state index is 0.00602. The third kappa shape index (κ3) is 12.2. The molecule has 4 N–H and O–H groups in total. The number of nitrogens with zero attached hydrogens (tertiary/aromatic N) is 2. The summed E-state index contributed by atoms with van der Waals surface area (Å²) in [5.41, 5.74) is -0.353. The number of carbonyl (C=O) groups is 4. The number of nitrogens with one attached hydrogen (secondary N) is 2. The lowest BCUT2D eigenvalue weighted by Crippen LogP contribution is -2.55. The molecule has 3 atom stereocenters. The number of ether oxygens (including phenoxy) is 2. The average molecular weight is 673 g/mol. The van der Waals surface area contributed by atoms with Gasteiger partial charge in [-0.2, -0.15) is 5.26 Å². The second-order valence-corrected chi connectivity index (χ2v) is 13.5. The Kier molecular flexibility index (Phi) is 12.8. The molecule has 260 valence electrons. The number of nitriles is 1. The number of phenolic OH excluding ortho intramolecular Hbond substituents is 2. The quantitative estimate of drug-likeness (QED) is 0.157. The number of benzene rings is 3. The Hall–Kier alpha value is -5.57. The fourth-order valence-corrected chi connectivity index (χ4v) is 4.92. The Labute approximate surface area is 286 Å². The van der Waals surface area contributed by atoms with Gasteiger partial charge in [-0.3, -0.25) is 9.59 Å². The van der Waals surface area contributed by atoms with Crippen molar-refractivity contribution in [2.24, 2.45) is 0 Å². The number of rotatable bonds is 12. The lowest BCUT2D eigenvalue weighted by Gasteiger charge is -2.34. The van der Waals surface area contributed by atoms with E-state index in [1.807, 2.05) is 12.1 Å². The zero-order chi connectivity index (χ0) is 36.4. The summed E-state index contributed by atoms with van der Waals surface area (Å²) in [4.78, 5) is 56.1. The summed E-state index contributed by atoms with van der Waals surface area (Å²) < 4.78 is 11.0. The van der Waals surface area contributed by atoms with Gasteiger partial charge in [-0.05, 0) is 82.5 Å². The van der Waals surface area contributed by atoms with Crippen LogP contribution in [-0.4, -0.2) is 68.8 Å². The van der Waals surface area contributed by atoms with Crippen molar-refractivity contribution in [2.75, 3.05) is 6.54 Å². The van der Waals surface area contributed by atoms with Crippen LogP contribution < -0.4 is 10.6 Å². The molecule has 12 nitrogen and oxygen atoms in total. The van der Waals surface area contributed by atoms with Crippen LogP contribution in [0.3, 0.4) is 0 Å². The Balaban J connectivity index is 2.09. The van der Waals surface area contributed by atoms with E-state index in [-0.39, 0.29) is 29.9 Å². The van der Waals surface area contributed by atoms with Crippen molar-refractivity contribution in [2.45, 2.75) is 83.7 Å². The largest absolute Gasteiger partial charge is 0.508 e. The second kappa shape index (κ2) is 16.5. The molecule has 0 fully saturated rings. The van der Waals surface area contributed by atoms with Gasteiger partial charge in [0.2, 0.25) is 11.8 Å². The van der Waals surface area contributed by atoms with Crippen molar-refractivity contribution in [3.8, 4) is 17.6 Å². The number of hydrogen-bond donors (Lipinski definition) is 4. The van der Waals surface area contributed by atoms with Gasteiger partial charge in [-0.1, -0.05) is 54.6 Å². The predicted octanol–water partition coefficient (Wildman–Crippen LogP) is 4.70. The highest BCUT2D eigenvalue weighted by Gasteiger charge is 2.38. The Bertz CT molecular complexity index is 1640. The van der Waals surface area contributed by atoms with Gasteiger partial charge in [-0.15, -0.1) is 0 Å². The highest BCUT2D eigenvalue weighted by Crippen LogP contribution is 2.27. The maximum atomic E-state index is 14.4. The van der Waals surface area contributed by atoms with Gasteiger partial charge in [-0.25, -0.2) is 9.59 Å². The second-order valence-electron chi connectivity index (χ2n) is 13.5. The summed E-state index contributed by atoms with van der Waals surface area (Å²) in [6, 6.07) is 18.4. The molecule has 0 saturated carbocycles. The van der Waals surface area contributed by atoms with Crippen LogP contribution in [0.1, 0.15) is 64.3 Å². The van der Waals surface area contributed by atoms with E-state index in [4.69, 9.17) is 9.47 Å². The molecule has 0 aromatic heterocycles. The number of hydrogen-bond acceptors (Lipinski definition) is 9. The number of carbonyl (C=O) groups excluding carboxylic acids is 4. The fourth-order valence-electron chi connectivity index (χ4n) is 4.92. The molecule has 0 aliphatic heterocycles. The lowest BCUT2D eigenvalue weighted by molar-refractivity contribution is -0.159. The van der Waals surface area contributed by atoms with Gasteiger partial charge in [0, 0.05) is 12.8 Å². The first-order valence-electron chi connectivity index (χ1n) is 15.8. The summed E-state index contributed by atoms with van der Waals surface area (Å²) in [5.74, 6) is -2.58. The van der Waals surface area contributed by atoms with E-state index < -0.39 is 59.7 Å². The van der Waals surface area contributed by atoms with Crippen molar-refractivity contribution in [1.29, 1.82) is 5.26 Å². The van der Waals surface area contributed by atoms with Crippen LogP contribution in [0.25, 0.3) is 0 Å². The zero-order valence-corrected chi connectivity index (χ0v) is 28.6. The minimum Gasteiger partial charge on any atom is -0.508 e. The van der Waals surface area contributed by atoms with Gasteiger partial charge in [0.15, 0.2) is 0 Å². The normalized spacial score (nSPS) is 13.2. The van der Waals surface area contributed by atoms with Gasteiger partial charge in [0.25, 0.3) is 0 Å². The van der Waals surface area contributed by atoms with Gasteiger partial charge < -0.3 is 35.2 Å². The van der Waals surface area contributed by atoms with Crippen LogP contribution in [0.4, 0.5) is 4.79 Å². The van der Waals surface area contributed by atoms with Crippen LogP contribution in [0.15, 0.2) is 78.9 Å². The number of alkyl carbamates (subject to hydrolysis) is 1. The fraction of sp³-hybridized carbons (Fsp3) is 0.378. The monoisotopic (exact) mass is 672 g/mol. The summed E-state index contributed by atoms with van der Waals surface area (Å²) in [7, 11) is 0. The molecule has 3 aromatic carbocycles. The summed E-state index contributed by atoms with van der Waals surface area (Å²) in [6.45, 7) is 9.45. The number of esters is 1. The molecular formula is C37H44N4O8. The van der Waals surface area contributed by atoms with Crippen molar-refractivity contribution >= 4 is 23.9 Å². The first kappa shape index (κ1) is 37.9. The molecule has 49 heavy (non-hydrogen) atoms. The standard InChI is InChI=1S/C37H44N4O8/c1-36(2,3)48-34(46)30(22-24-11-8-7-9-12-24)39-32(44)31(26-13-10-14-28(43)23-26)41(20-19-38)33(45)29(40-35(47)49-37(4,5)6)21-25-15-17-27(42)18-16-25/h7-18,23,29-31,42-43H,20-22H2,1-6H3,(H,39,44)(H,40,47). The van der Waals surface area contributed by atoms with Crippen molar-refractivity contribution in [3.05, 3.63) is 95.6 Å². The molecule has 0 saturated heterocycles. The molecule has 3 rings (SSSR count). The highest BCUT2D eigenvalue weighted by atomic mass is 16.6. The number of phenols is 2. The van der Waals surface area contributed by atoms with E-state index in [1.165, 1.54) is 36.4 Å². The third-order valence-electron chi connectivity index (χ3n) is 6.93. The van der Waals surface area contributed by atoms with Gasteiger partial charge in [0.1, 0.15) is 47.4 Å². The maximum absolute atomic E-state index is 14.4. The maximum Gasteiger partial charge on any atom is 0.408 e. The molecule has 0 spiro atoms. The van der Waals surface area contributed by atoms with Crippen LogP contribution in [0.5, 0.6) is 11.5 Å². The van der Waals surface area contributed by atoms with Crippen LogP contribution >= 0.6 is 0 Å². The van der Waals surface area contributed by atoms with Crippen LogP contribution in [-0.2, 0) is 36.7 Å². The van der Waals surface area contributed by atoms with Crippen molar-refractivity contribution in [3.63, 3.8) is 0 Å². The van der Waals surface area contributed by atoms with Crippen LogP contribution in [0, 0.1) is 11.3 Å². The van der Waals surface area contributed by atoms with E-state index in [1.54, 1.807) is 77.9 Å². The van der Waals surface area contributed by atoms with E-state index in [9.17, 15) is 34.7 Å². The molecule has 0 heterocycles. The molecule has 0 bridgehead atoms. The molecule has 0 radical (unpaired) electrons. The van der Waals surface area contributed by atoms with Crippen molar-refractivity contribution < 1.29 is 38.9 Å². The molecule has 0 aliphatic carbocycles. The smallest absolute Gasteiger partial charge is 0.408 e. The predicted molar refractivity (Wildman–Crippen MR) is 181 cm³/mol. The minimum atomic E-state index is -1.54. The highest BCUT2D eigenvalue weighted by molar-refractivity contribution is 5.94. The van der Waals surface area contributed by atoms with Crippen molar-refractivity contribution in [1.82, 2.24) is 15.5 Å². The van der Waals surface area contributed by atoms with E-state index in [0.717, 1.165) is 10.5 Å². The molecule has 3 unspecified atom stereocenters. The Morgan fingerprint density at radius 1 is 0.755 bits per heavy atom. The SMILES string of the molecule is CC(C)(C)OC(=O)NC(Cc1ccc(O)cc1)C(=O)N(CC#N)C(C(=O)NC(Cc1ccccc1)C(=O)OC(C)(C)C)c1cccc(O)c1. The molecule has 0 aliphatic rings. The topological polar surface area (TPSA) is 178 Å². The van der Waals surface area contributed by atoms with E-state index in [2.05, 4.69) is 10.6 Å².